The van der Waals surface area contributed by atoms with Crippen LogP contribution in [0.15, 0.2) is 98.5 Å². The minimum Gasteiger partial charge on any atom is -0.490 e. The van der Waals surface area contributed by atoms with Crippen molar-refractivity contribution >= 4 is 31.9 Å². The molecule has 22 heteroatoms. The van der Waals surface area contributed by atoms with Crippen LogP contribution in [0.1, 0.15) is 32.6 Å². The maximum absolute atomic E-state index is 14.4. The van der Waals surface area contributed by atoms with Gasteiger partial charge in [0.15, 0.2) is 25.8 Å². The van der Waals surface area contributed by atoms with Crippen molar-refractivity contribution in [2.75, 3.05) is 38.7 Å². The van der Waals surface area contributed by atoms with E-state index in [2.05, 4.69) is 4.74 Å². The van der Waals surface area contributed by atoms with Crippen LogP contribution in [0.3, 0.4) is 0 Å². The molecule has 61 heavy (non-hydrogen) atoms. The maximum Gasteiger partial charge on any atom is 0.425 e. The summed E-state index contributed by atoms with van der Waals surface area (Å²) < 4.78 is 117. The minimum atomic E-state index is -4.64. The zero-order valence-electron chi connectivity index (χ0n) is 32.9. The number of hydrogen-bond donors (Lipinski definition) is 1. The number of alkyl halides is 3. The fourth-order valence-electron chi connectivity index (χ4n) is 6.25. The third-order valence-corrected chi connectivity index (χ3v) is 11.9. The Morgan fingerprint density at radius 2 is 1.16 bits per heavy atom. The van der Waals surface area contributed by atoms with Crippen molar-refractivity contribution in [3.63, 3.8) is 0 Å². The van der Waals surface area contributed by atoms with E-state index >= 15 is 0 Å². The van der Waals surface area contributed by atoms with Crippen LogP contribution in [0.5, 0.6) is 11.5 Å². The molecule has 4 heterocycles. The first-order chi connectivity index (χ1) is 28.5. The Balaban J connectivity index is 0.000000237. The van der Waals surface area contributed by atoms with Crippen molar-refractivity contribution < 1.29 is 63.3 Å². The summed E-state index contributed by atoms with van der Waals surface area (Å²) in [6.45, 7) is 1.79. The van der Waals surface area contributed by atoms with Gasteiger partial charge in [-0.1, -0.05) is 0 Å². The quantitative estimate of drug-likeness (QED) is 0.219. The van der Waals surface area contributed by atoms with E-state index in [-0.39, 0.29) is 46.0 Å². The van der Waals surface area contributed by atoms with Crippen molar-refractivity contribution in [3.05, 3.63) is 106 Å². The topological polar surface area (TPSA) is 201 Å². The van der Waals surface area contributed by atoms with Crippen LogP contribution >= 0.6 is 0 Å². The minimum absolute atomic E-state index is 0.114. The van der Waals surface area contributed by atoms with Gasteiger partial charge >= 0.3 is 18.4 Å². The van der Waals surface area contributed by atoms with Crippen molar-refractivity contribution in [1.29, 1.82) is 0 Å². The summed E-state index contributed by atoms with van der Waals surface area (Å²) in [7, 11) is -6.90. The van der Waals surface area contributed by atoms with Gasteiger partial charge in [-0.3, -0.25) is 18.7 Å². The van der Waals surface area contributed by atoms with Crippen LogP contribution in [0.4, 0.5) is 27.2 Å². The number of pyridine rings is 2. The second-order valence-electron chi connectivity index (χ2n) is 14.3. The number of carbonyl (C=O) groups is 2. The van der Waals surface area contributed by atoms with E-state index in [4.69, 9.17) is 14.6 Å². The van der Waals surface area contributed by atoms with Crippen molar-refractivity contribution in [2.24, 2.45) is 0 Å². The summed E-state index contributed by atoms with van der Waals surface area (Å²) in [5, 5.41) is 8.96. The summed E-state index contributed by atoms with van der Waals surface area (Å²) in [6.07, 6.45) is -2.71. The standard InChI is InChI=1S/C21H22F4N2O6S.C18H20N2O6S/c1-13(21(23,24)25)32-20(29)26-8-5-14(6-9-26)33-15-7-10-27(19(28)11-15)18-4-3-16(12-17(18)22)34(2,30)31;1-27(24,25)16-4-2-13(3-5-16)20-11-8-15(12-17(20)21)26-14-6-9-19(10-7-14)18(22)23/h3-4,7,10-14H,5-6,8-9H2,1-2H3;2-5,8,11-12,14H,6-7,9-10H2,1H3,(H,22,23). The van der Waals surface area contributed by atoms with Crippen molar-refractivity contribution in [1.82, 2.24) is 18.9 Å². The lowest BCUT2D eigenvalue weighted by atomic mass is 10.1. The smallest absolute Gasteiger partial charge is 0.425 e. The SMILES string of the molecule is CC(OC(=O)N1CCC(Oc2ccn(-c3ccc(S(C)(=O)=O)cc3F)c(=O)c2)CC1)C(F)(F)F.CS(=O)(=O)c1ccc(-n2ccc(OC3CCN(C(=O)O)CC3)cc2=O)cc1. The number of carboxylic acid groups (broad SMARTS) is 1. The summed E-state index contributed by atoms with van der Waals surface area (Å²) in [5.41, 5.74) is -0.509. The van der Waals surface area contributed by atoms with E-state index in [1.807, 2.05) is 0 Å². The molecule has 2 aromatic carbocycles. The number of ether oxygens (including phenoxy) is 3. The van der Waals surface area contributed by atoms with Gasteiger partial charge < -0.3 is 29.1 Å². The molecule has 4 aromatic rings. The van der Waals surface area contributed by atoms with Gasteiger partial charge in [0.1, 0.15) is 29.5 Å². The normalized spacial score (nSPS) is 15.9. The highest BCUT2D eigenvalue weighted by atomic mass is 32.2. The molecular formula is C39H42F4N4O12S2. The van der Waals surface area contributed by atoms with E-state index in [1.165, 1.54) is 52.1 Å². The second-order valence-corrected chi connectivity index (χ2v) is 18.3. The van der Waals surface area contributed by atoms with Gasteiger partial charge in [-0.05, 0) is 61.5 Å². The molecule has 330 valence electrons. The number of piperidine rings is 2. The van der Waals surface area contributed by atoms with Crippen molar-refractivity contribution in [3.8, 4) is 22.9 Å². The number of aromatic nitrogens is 2. The maximum atomic E-state index is 14.4. The molecule has 2 aromatic heterocycles. The first kappa shape index (κ1) is 46.2. The molecule has 2 saturated heterocycles. The molecule has 2 aliphatic rings. The fourth-order valence-corrected chi connectivity index (χ4v) is 7.51. The van der Waals surface area contributed by atoms with E-state index in [1.54, 1.807) is 24.4 Å². The lowest BCUT2D eigenvalue weighted by Gasteiger charge is -2.32. The molecule has 0 saturated carbocycles. The number of rotatable bonds is 9. The molecule has 6 rings (SSSR count). The molecule has 1 N–H and O–H groups in total. The zero-order chi connectivity index (χ0) is 44.9. The van der Waals surface area contributed by atoms with Gasteiger partial charge in [0.25, 0.3) is 11.1 Å². The lowest BCUT2D eigenvalue weighted by molar-refractivity contribution is -0.200. The average molecular weight is 899 g/mol. The van der Waals surface area contributed by atoms with Crippen LogP contribution in [0.25, 0.3) is 11.4 Å². The Labute approximate surface area is 347 Å². The number of sulfone groups is 2. The Bertz CT molecular complexity index is 2570. The number of hydrogen-bond acceptors (Lipinski definition) is 11. The molecule has 0 spiro atoms. The number of benzene rings is 2. The molecule has 0 bridgehead atoms. The number of amides is 2. The van der Waals surface area contributed by atoms with Gasteiger partial charge in [-0.2, -0.15) is 13.2 Å². The summed E-state index contributed by atoms with van der Waals surface area (Å²) in [5.74, 6) is -0.267. The average Bonchev–Trinajstić information content (AvgIpc) is 3.18. The number of likely N-dealkylation sites (tertiary alicyclic amines) is 2. The van der Waals surface area contributed by atoms with Crippen LogP contribution < -0.4 is 20.6 Å². The van der Waals surface area contributed by atoms with Gasteiger partial charge in [0.05, 0.1) is 15.5 Å². The molecule has 2 amide bonds. The monoisotopic (exact) mass is 898 g/mol. The summed E-state index contributed by atoms with van der Waals surface area (Å²) >= 11 is 0. The first-order valence-corrected chi connectivity index (χ1v) is 22.4. The molecule has 0 aliphatic carbocycles. The largest absolute Gasteiger partial charge is 0.490 e. The highest BCUT2D eigenvalue weighted by molar-refractivity contribution is 7.91. The Kier molecular flexibility index (Phi) is 14.2. The number of carbonyl (C=O) groups excluding carboxylic acids is 1. The van der Waals surface area contributed by atoms with Gasteiger partial charge in [-0.25, -0.2) is 30.8 Å². The molecule has 2 fully saturated rings. The van der Waals surface area contributed by atoms with Gasteiger partial charge in [-0.15, -0.1) is 0 Å². The van der Waals surface area contributed by atoms with Crippen LogP contribution in [0.2, 0.25) is 0 Å². The second kappa shape index (κ2) is 18.8. The zero-order valence-corrected chi connectivity index (χ0v) is 34.6. The molecular weight excluding hydrogens is 857 g/mol. The molecule has 1 atom stereocenters. The molecule has 16 nitrogen and oxygen atoms in total. The predicted molar refractivity (Wildman–Crippen MR) is 211 cm³/mol. The first-order valence-electron chi connectivity index (χ1n) is 18.6. The van der Waals surface area contributed by atoms with E-state index in [0.717, 1.165) is 41.0 Å². The Hall–Kier alpha value is -5.90. The van der Waals surface area contributed by atoms with Gasteiger partial charge in [0, 0.05) is 94.6 Å². The summed E-state index contributed by atoms with van der Waals surface area (Å²) in [6, 6.07) is 14.8. The highest BCUT2D eigenvalue weighted by Crippen LogP contribution is 2.25. The van der Waals surface area contributed by atoms with Crippen molar-refractivity contribution in [2.45, 2.75) is 66.9 Å². The lowest BCUT2D eigenvalue weighted by Crippen LogP contribution is -2.44. The summed E-state index contributed by atoms with van der Waals surface area (Å²) in [4.78, 5) is 50.1. The van der Waals surface area contributed by atoms with E-state index in [0.29, 0.717) is 50.2 Å². The van der Waals surface area contributed by atoms with Crippen LogP contribution in [-0.4, -0.2) is 116 Å². The fraction of sp³-hybridized carbons (Fsp3) is 0.385. The number of nitrogens with zero attached hydrogens (tertiary/aromatic N) is 4. The number of halogens is 4. The van der Waals surface area contributed by atoms with E-state index in [9.17, 15) is 53.6 Å². The van der Waals surface area contributed by atoms with Gasteiger partial charge in [0.2, 0.25) is 0 Å². The van der Waals surface area contributed by atoms with E-state index < -0.39 is 61.6 Å². The molecule has 2 aliphatic heterocycles. The molecule has 0 radical (unpaired) electrons. The van der Waals surface area contributed by atoms with Crippen LogP contribution in [-0.2, 0) is 24.4 Å². The Morgan fingerprint density at radius 3 is 1.59 bits per heavy atom. The predicted octanol–water partition coefficient (Wildman–Crippen LogP) is 5.07. The Morgan fingerprint density at radius 1 is 0.705 bits per heavy atom. The third-order valence-electron chi connectivity index (χ3n) is 9.69. The molecule has 1 unspecified atom stereocenters. The third kappa shape index (κ3) is 12.3. The highest BCUT2D eigenvalue weighted by Gasteiger charge is 2.40. The van der Waals surface area contributed by atoms with Crippen LogP contribution in [0, 0.1) is 5.82 Å².